The third-order valence-corrected chi connectivity index (χ3v) is 3.40. The number of unbranched alkanes of at least 4 members (excludes halogenated alkanes) is 6. The van der Waals surface area contributed by atoms with E-state index < -0.39 is 5.97 Å². The quantitative estimate of drug-likeness (QED) is 0.278. The van der Waals surface area contributed by atoms with Crippen LogP contribution in [0.15, 0.2) is 12.2 Å². The molecule has 0 radical (unpaired) electrons. The molecule has 0 heterocycles. The predicted octanol–water partition coefficient (Wildman–Crippen LogP) is 3.63. The molecule has 1 N–H and O–H groups in total. The molecular formula is C18H30O6. The lowest BCUT2D eigenvalue weighted by Gasteiger charge is -2.06. The van der Waals surface area contributed by atoms with E-state index in [1.54, 1.807) is 6.92 Å². The Bertz CT molecular complexity index is 402. The smallest absolute Gasteiger partial charge is 0.333 e. The zero-order chi connectivity index (χ0) is 18.2. The first-order valence-corrected chi connectivity index (χ1v) is 8.63. The Balaban J connectivity index is 3.30. The Morgan fingerprint density at radius 1 is 0.792 bits per heavy atom. The molecule has 6 nitrogen and oxygen atoms in total. The molecule has 0 rings (SSSR count). The van der Waals surface area contributed by atoms with E-state index in [2.05, 4.69) is 6.58 Å². The Morgan fingerprint density at radius 2 is 1.29 bits per heavy atom. The second kappa shape index (κ2) is 14.7. The van der Waals surface area contributed by atoms with Gasteiger partial charge in [-0.15, -0.1) is 0 Å². The standard InChI is InChI=1S/C18H30O6/c1-15(2)18(22)24-14-10-6-5-9-13-23-17(21)12-8-4-3-7-11-16(19)20/h1,3-14H2,2H3,(H,19,20). The second-order valence-corrected chi connectivity index (χ2v) is 5.86. The SMILES string of the molecule is C=C(C)C(=O)OCCCCCCOC(=O)CCCCCCC(=O)O. The van der Waals surface area contributed by atoms with Crippen molar-refractivity contribution < 1.29 is 29.0 Å². The molecule has 6 heteroatoms. The van der Waals surface area contributed by atoms with Crippen molar-refractivity contribution in [2.45, 2.75) is 71.1 Å². The monoisotopic (exact) mass is 342 g/mol. The lowest BCUT2D eigenvalue weighted by atomic mass is 10.1. The van der Waals surface area contributed by atoms with Crippen LogP contribution >= 0.6 is 0 Å². The van der Waals surface area contributed by atoms with Gasteiger partial charge in [0.15, 0.2) is 0 Å². The van der Waals surface area contributed by atoms with Crippen LogP contribution in [0.4, 0.5) is 0 Å². The third-order valence-electron chi connectivity index (χ3n) is 3.40. The number of carboxylic acids is 1. The van der Waals surface area contributed by atoms with Gasteiger partial charge < -0.3 is 14.6 Å². The van der Waals surface area contributed by atoms with Gasteiger partial charge in [0.25, 0.3) is 0 Å². The highest BCUT2D eigenvalue weighted by Gasteiger charge is 2.04. The van der Waals surface area contributed by atoms with E-state index in [4.69, 9.17) is 14.6 Å². The molecule has 0 aliphatic rings. The molecule has 0 aromatic carbocycles. The van der Waals surface area contributed by atoms with Crippen LogP contribution in [0.25, 0.3) is 0 Å². The van der Waals surface area contributed by atoms with Crippen LogP contribution in [0.5, 0.6) is 0 Å². The normalized spacial score (nSPS) is 10.2. The fourth-order valence-corrected chi connectivity index (χ4v) is 2.00. The molecule has 138 valence electrons. The molecule has 0 aromatic rings. The largest absolute Gasteiger partial charge is 0.481 e. The average Bonchev–Trinajstić information content (AvgIpc) is 2.52. The van der Waals surface area contributed by atoms with Gasteiger partial charge in [-0.2, -0.15) is 0 Å². The highest BCUT2D eigenvalue weighted by Crippen LogP contribution is 2.07. The summed E-state index contributed by atoms with van der Waals surface area (Å²) in [5.74, 6) is -1.32. The van der Waals surface area contributed by atoms with Gasteiger partial charge in [0.2, 0.25) is 0 Å². The summed E-state index contributed by atoms with van der Waals surface area (Å²) in [6.45, 7) is 5.94. The summed E-state index contributed by atoms with van der Waals surface area (Å²) in [5.41, 5.74) is 0.406. The van der Waals surface area contributed by atoms with Crippen LogP contribution in [-0.2, 0) is 23.9 Å². The van der Waals surface area contributed by atoms with Crippen molar-refractivity contribution in [3.05, 3.63) is 12.2 Å². The maximum Gasteiger partial charge on any atom is 0.333 e. The molecule has 0 aliphatic heterocycles. The molecule has 0 bridgehead atoms. The Morgan fingerprint density at radius 3 is 1.83 bits per heavy atom. The van der Waals surface area contributed by atoms with Gasteiger partial charge in [-0.1, -0.05) is 19.4 Å². The van der Waals surface area contributed by atoms with E-state index >= 15 is 0 Å². The molecule has 0 saturated carbocycles. The molecular weight excluding hydrogens is 312 g/mol. The summed E-state index contributed by atoms with van der Waals surface area (Å²) < 4.78 is 10.1. The van der Waals surface area contributed by atoms with Crippen LogP contribution in [0.2, 0.25) is 0 Å². The fourth-order valence-electron chi connectivity index (χ4n) is 2.00. The Labute approximate surface area is 144 Å². The lowest BCUT2D eigenvalue weighted by Crippen LogP contribution is -2.07. The summed E-state index contributed by atoms with van der Waals surface area (Å²) >= 11 is 0. The minimum atomic E-state index is -0.775. The van der Waals surface area contributed by atoms with E-state index in [9.17, 15) is 14.4 Å². The number of rotatable bonds is 15. The van der Waals surface area contributed by atoms with E-state index in [1.165, 1.54) is 0 Å². The number of hydrogen-bond acceptors (Lipinski definition) is 5. The van der Waals surface area contributed by atoms with Crippen LogP contribution in [0.3, 0.4) is 0 Å². The molecule has 0 aromatic heterocycles. The van der Waals surface area contributed by atoms with Gasteiger partial charge >= 0.3 is 17.9 Å². The fraction of sp³-hybridized carbons (Fsp3) is 0.722. The number of ether oxygens (including phenoxy) is 2. The minimum Gasteiger partial charge on any atom is -0.481 e. The zero-order valence-electron chi connectivity index (χ0n) is 14.7. The molecule has 24 heavy (non-hydrogen) atoms. The Kier molecular flexibility index (Phi) is 13.6. The lowest BCUT2D eigenvalue weighted by molar-refractivity contribution is -0.144. The molecule has 0 fully saturated rings. The van der Waals surface area contributed by atoms with E-state index in [0.717, 1.165) is 44.9 Å². The number of hydrogen-bond donors (Lipinski definition) is 1. The highest BCUT2D eigenvalue weighted by molar-refractivity contribution is 5.86. The number of carbonyl (C=O) groups is 3. The molecule has 0 aliphatic carbocycles. The predicted molar refractivity (Wildman–Crippen MR) is 90.5 cm³/mol. The van der Waals surface area contributed by atoms with Crippen LogP contribution in [0, 0.1) is 0 Å². The summed E-state index contributed by atoms with van der Waals surface area (Å²) in [6.07, 6.45) is 7.11. The number of aliphatic carboxylic acids is 1. The van der Waals surface area contributed by atoms with Crippen molar-refractivity contribution in [2.75, 3.05) is 13.2 Å². The molecule has 0 unspecified atom stereocenters. The number of carboxylic acid groups (broad SMARTS) is 1. The minimum absolute atomic E-state index is 0.191. The first-order chi connectivity index (χ1) is 11.4. The summed E-state index contributed by atoms with van der Waals surface area (Å²) in [4.78, 5) is 32.9. The molecule has 0 atom stereocenters. The van der Waals surface area contributed by atoms with Crippen LogP contribution < -0.4 is 0 Å². The third kappa shape index (κ3) is 15.1. The van der Waals surface area contributed by atoms with Crippen molar-refractivity contribution in [3.8, 4) is 0 Å². The average molecular weight is 342 g/mol. The van der Waals surface area contributed by atoms with Crippen LogP contribution in [-0.4, -0.2) is 36.2 Å². The van der Waals surface area contributed by atoms with Crippen molar-refractivity contribution in [1.29, 1.82) is 0 Å². The van der Waals surface area contributed by atoms with Gasteiger partial charge in [0.1, 0.15) is 0 Å². The summed E-state index contributed by atoms with van der Waals surface area (Å²) in [7, 11) is 0. The van der Waals surface area contributed by atoms with Crippen LogP contribution in [0.1, 0.15) is 71.1 Å². The summed E-state index contributed by atoms with van der Waals surface area (Å²) in [5, 5.41) is 8.49. The highest BCUT2D eigenvalue weighted by atomic mass is 16.5. The molecule has 0 saturated heterocycles. The summed E-state index contributed by atoms with van der Waals surface area (Å²) in [6, 6.07) is 0. The van der Waals surface area contributed by atoms with Gasteiger partial charge in [-0.25, -0.2) is 4.79 Å². The van der Waals surface area contributed by atoms with Gasteiger partial charge in [-0.3, -0.25) is 9.59 Å². The van der Waals surface area contributed by atoms with E-state index in [-0.39, 0.29) is 18.4 Å². The second-order valence-electron chi connectivity index (χ2n) is 5.86. The first kappa shape index (κ1) is 22.1. The van der Waals surface area contributed by atoms with Crippen molar-refractivity contribution in [3.63, 3.8) is 0 Å². The zero-order valence-corrected chi connectivity index (χ0v) is 14.7. The maximum atomic E-state index is 11.5. The van der Waals surface area contributed by atoms with Crippen molar-refractivity contribution in [2.24, 2.45) is 0 Å². The number of esters is 2. The molecule has 0 spiro atoms. The van der Waals surface area contributed by atoms with Crippen molar-refractivity contribution in [1.82, 2.24) is 0 Å². The van der Waals surface area contributed by atoms with Crippen molar-refractivity contribution >= 4 is 17.9 Å². The Hall–Kier alpha value is -1.85. The van der Waals surface area contributed by atoms with Gasteiger partial charge in [0.05, 0.1) is 13.2 Å². The van der Waals surface area contributed by atoms with Gasteiger partial charge in [-0.05, 0) is 45.4 Å². The first-order valence-electron chi connectivity index (χ1n) is 8.63. The molecule has 0 amide bonds. The number of carbonyl (C=O) groups excluding carboxylic acids is 2. The maximum absolute atomic E-state index is 11.5. The van der Waals surface area contributed by atoms with Gasteiger partial charge in [0, 0.05) is 18.4 Å². The van der Waals surface area contributed by atoms with E-state index in [0.29, 0.717) is 31.6 Å². The topological polar surface area (TPSA) is 89.9 Å². The van der Waals surface area contributed by atoms with E-state index in [1.807, 2.05) is 0 Å².